The van der Waals surface area contributed by atoms with Crippen LogP contribution in [0.2, 0.25) is 0 Å². The number of hydrogen-bond donors (Lipinski definition) is 1. The van der Waals surface area contributed by atoms with Crippen molar-refractivity contribution in [1.29, 1.82) is 0 Å². The predicted molar refractivity (Wildman–Crippen MR) is 131 cm³/mol. The quantitative estimate of drug-likeness (QED) is 0.277. The van der Waals surface area contributed by atoms with E-state index in [9.17, 15) is 0 Å². The van der Waals surface area contributed by atoms with E-state index in [1.54, 1.807) is 6.21 Å². The first-order valence-electron chi connectivity index (χ1n) is 10.2. The van der Waals surface area contributed by atoms with Crippen molar-refractivity contribution in [1.82, 2.24) is 10.4 Å². The highest BCUT2D eigenvalue weighted by atomic mass is 15.3. The Morgan fingerprint density at radius 3 is 2.35 bits per heavy atom. The Morgan fingerprint density at radius 1 is 0.871 bits per heavy atom. The van der Waals surface area contributed by atoms with E-state index >= 15 is 0 Å². The van der Waals surface area contributed by atoms with E-state index in [1.807, 2.05) is 86.9 Å². The van der Waals surface area contributed by atoms with Crippen LogP contribution >= 0.6 is 0 Å². The van der Waals surface area contributed by atoms with Gasteiger partial charge in [-0.3, -0.25) is 5.43 Å². The minimum absolute atomic E-state index is 0.593. The molecule has 0 aliphatic carbocycles. The Morgan fingerprint density at radius 2 is 1.61 bits per heavy atom. The van der Waals surface area contributed by atoms with E-state index < -0.39 is 0 Å². The van der Waals surface area contributed by atoms with E-state index in [2.05, 4.69) is 34.5 Å². The third-order valence-corrected chi connectivity index (χ3v) is 4.91. The van der Waals surface area contributed by atoms with Gasteiger partial charge in [-0.05, 0) is 48.9 Å². The van der Waals surface area contributed by atoms with Gasteiger partial charge in [0.25, 0.3) is 0 Å². The summed E-state index contributed by atoms with van der Waals surface area (Å²) in [5.41, 5.74) is 8.93. The SMILES string of the molecule is Cc1ccc(N=C(NN=Cc2ccc(N(C)C)cc2)c2ccc3ccccc3n2)cc1. The molecule has 154 valence electrons. The highest BCUT2D eigenvalue weighted by Gasteiger charge is 2.07. The number of aliphatic imine (C=N–C) groups is 1. The van der Waals surface area contributed by atoms with Crippen molar-refractivity contribution in [3.8, 4) is 0 Å². The number of aromatic nitrogens is 1. The van der Waals surface area contributed by atoms with Crippen LogP contribution in [-0.2, 0) is 0 Å². The minimum Gasteiger partial charge on any atom is -0.378 e. The number of nitrogens with one attached hydrogen (secondary N) is 1. The summed E-state index contributed by atoms with van der Waals surface area (Å²) in [7, 11) is 4.05. The van der Waals surface area contributed by atoms with Gasteiger partial charge in [-0.1, -0.05) is 54.1 Å². The van der Waals surface area contributed by atoms with E-state index in [1.165, 1.54) is 5.56 Å². The molecule has 0 atom stereocenters. The molecule has 5 heteroatoms. The number of benzene rings is 3. The molecule has 1 aromatic heterocycles. The number of pyridine rings is 1. The van der Waals surface area contributed by atoms with Gasteiger partial charge in [-0.2, -0.15) is 5.10 Å². The molecule has 5 nitrogen and oxygen atoms in total. The second-order valence-electron chi connectivity index (χ2n) is 7.54. The Bertz CT molecular complexity index is 1220. The maximum absolute atomic E-state index is 4.77. The van der Waals surface area contributed by atoms with Crippen LogP contribution in [0.25, 0.3) is 10.9 Å². The molecule has 0 bridgehead atoms. The summed E-state index contributed by atoms with van der Waals surface area (Å²) in [5, 5.41) is 5.52. The lowest BCUT2D eigenvalue weighted by molar-refractivity contribution is 1.02. The second kappa shape index (κ2) is 9.22. The van der Waals surface area contributed by atoms with Gasteiger partial charge in [0.15, 0.2) is 5.84 Å². The van der Waals surface area contributed by atoms with Crippen LogP contribution in [0.5, 0.6) is 0 Å². The maximum atomic E-state index is 4.77. The van der Waals surface area contributed by atoms with Crippen molar-refractivity contribution in [3.63, 3.8) is 0 Å². The molecule has 0 radical (unpaired) electrons. The van der Waals surface area contributed by atoms with Crippen molar-refractivity contribution in [2.45, 2.75) is 6.92 Å². The molecular formula is C26H25N5. The number of amidine groups is 1. The summed E-state index contributed by atoms with van der Waals surface area (Å²) in [6.07, 6.45) is 1.78. The average molecular weight is 408 g/mol. The highest BCUT2D eigenvalue weighted by Crippen LogP contribution is 2.16. The Hall–Kier alpha value is -3.99. The number of hydrogen-bond acceptors (Lipinski definition) is 4. The largest absolute Gasteiger partial charge is 0.378 e. The van der Waals surface area contributed by atoms with Crippen LogP contribution in [-0.4, -0.2) is 31.1 Å². The molecule has 0 aliphatic heterocycles. The smallest absolute Gasteiger partial charge is 0.173 e. The normalized spacial score (nSPS) is 11.8. The first kappa shape index (κ1) is 20.3. The van der Waals surface area contributed by atoms with Crippen molar-refractivity contribution in [2.75, 3.05) is 19.0 Å². The molecule has 31 heavy (non-hydrogen) atoms. The monoisotopic (exact) mass is 407 g/mol. The zero-order valence-corrected chi connectivity index (χ0v) is 17.9. The lowest BCUT2D eigenvalue weighted by atomic mass is 10.2. The molecule has 3 aromatic carbocycles. The zero-order valence-electron chi connectivity index (χ0n) is 17.9. The van der Waals surface area contributed by atoms with Crippen molar-refractivity contribution >= 4 is 34.3 Å². The fourth-order valence-electron chi connectivity index (χ4n) is 3.11. The van der Waals surface area contributed by atoms with Crippen LogP contribution in [0.15, 0.2) is 95.0 Å². The molecule has 1 N–H and O–H groups in total. The Labute approximate surface area is 182 Å². The third-order valence-electron chi connectivity index (χ3n) is 4.91. The van der Waals surface area contributed by atoms with Crippen molar-refractivity contribution in [3.05, 3.63) is 102 Å². The number of rotatable bonds is 5. The van der Waals surface area contributed by atoms with Crippen molar-refractivity contribution < 1.29 is 0 Å². The molecule has 0 spiro atoms. The van der Waals surface area contributed by atoms with Crippen LogP contribution in [0, 0.1) is 6.92 Å². The topological polar surface area (TPSA) is 52.9 Å². The molecule has 0 saturated heterocycles. The summed E-state index contributed by atoms with van der Waals surface area (Å²) in [6, 6.07) is 28.3. The molecule has 1 heterocycles. The molecule has 0 aliphatic rings. The molecule has 0 fully saturated rings. The molecule has 4 rings (SSSR count). The summed E-state index contributed by atoms with van der Waals surface area (Å²) in [5.74, 6) is 0.593. The predicted octanol–water partition coefficient (Wildman–Crippen LogP) is 5.31. The number of para-hydroxylation sites is 1. The van der Waals surface area contributed by atoms with E-state index in [-0.39, 0.29) is 0 Å². The molecule has 0 unspecified atom stereocenters. The summed E-state index contributed by atoms with van der Waals surface area (Å²) < 4.78 is 0. The Balaban J connectivity index is 1.63. The number of nitrogens with zero attached hydrogens (tertiary/aromatic N) is 4. The maximum Gasteiger partial charge on any atom is 0.173 e. The van der Waals surface area contributed by atoms with Crippen LogP contribution in [0.3, 0.4) is 0 Å². The summed E-state index contributed by atoms with van der Waals surface area (Å²) in [4.78, 5) is 11.6. The molecule has 0 saturated carbocycles. The fraction of sp³-hybridized carbons (Fsp3) is 0.115. The number of fused-ring (bicyclic) bond motifs is 1. The first-order chi connectivity index (χ1) is 15.1. The van der Waals surface area contributed by atoms with Crippen LogP contribution in [0.4, 0.5) is 11.4 Å². The lowest BCUT2D eigenvalue weighted by Gasteiger charge is -2.11. The molecular weight excluding hydrogens is 382 g/mol. The van der Waals surface area contributed by atoms with E-state index in [0.717, 1.165) is 33.5 Å². The van der Waals surface area contributed by atoms with Crippen molar-refractivity contribution in [2.24, 2.45) is 10.1 Å². The van der Waals surface area contributed by atoms with Crippen LogP contribution < -0.4 is 10.3 Å². The standard InChI is InChI=1S/C26H25N5/c1-19-8-13-22(14-9-19)28-26(25-17-12-21-6-4-5-7-24(21)29-25)30-27-18-20-10-15-23(16-11-20)31(2)3/h4-18H,1-3H3,(H,28,30). The van der Waals surface area contributed by atoms with Gasteiger partial charge in [0.1, 0.15) is 5.69 Å². The second-order valence-corrected chi connectivity index (χ2v) is 7.54. The van der Waals surface area contributed by atoms with Gasteiger partial charge in [-0.15, -0.1) is 0 Å². The molecule has 0 amide bonds. The van der Waals surface area contributed by atoms with Gasteiger partial charge < -0.3 is 4.90 Å². The van der Waals surface area contributed by atoms with Gasteiger partial charge >= 0.3 is 0 Å². The molecule has 4 aromatic rings. The average Bonchev–Trinajstić information content (AvgIpc) is 2.80. The van der Waals surface area contributed by atoms with Gasteiger partial charge in [0.05, 0.1) is 17.4 Å². The number of hydrazone groups is 1. The first-order valence-corrected chi connectivity index (χ1v) is 10.2. The van der Waals surface area contributed by atoms with Gasteiger partial charge in [-0.25, -0.2) is 9.98 Å². The Kier molecular flexibility index (Phi) is 6.03. The van der Waals surface area contributed by atoms with Gasteiger partial charge in [0, 0.05) is 25.2 Å². The van der Waals surface area contributed by atoms with E-state index in [0.29, 0.717) is 5.84 Å². The number of aryl methyl sites for hydroxylation is 1. The third kappa shape index (κ3) is 5.14. The summed E-state index contributed by atoms with van der Waals surface area (Å²) in [6.45, 7) is 2.06. The van der Waals surface area contributed by atoms with Gasteiger partial charge in [0.2, 0.25) is 0 Å². The van der Waals surface area contributed by atoms with Crippen LogP contribution in [0.1, 0.15) is 16.8 Å². The lowest BCUT2D eigenvalue weighted by Crippen LogP contribution is -2.20. The minimum atomic E-state index is 0.593. The highest BCUT2D eigenvalue weighted by molar-refractivity contribution is 6.00. The summed E-state index contributed by atoms with van der Waals surface area (Å²) >= 11 is 0. The van der Waals surface area contributed by atoms with E-state index in [4.69, 9.17) is 9.98 Å². The number of anilines is 1. The zero-order chi connectivity index (χ0) is 21.6. The fourth-order valence-corrected chi connectivity index (χ4v) is 3.11.